The van der Waals surface area contributed by atoms with E-state index in [0.29, 0.717) is 0 Å². The SMILES string of the molecule is CC(C)c1cccc(C(C)C)c1N(C)C(=O)c1cccc2c1C(=O)NC2=O. The summed E-state index contributed by atoms with van der Waals surface area (Å²) in [7, 11) is 1.73. The van der Waals surface area contributed by atoms with E-state index >= 15 is 0 Å². The van der Waals surface area contributed by atoms with Gasteiger partial charge >= 0.3 is 0 Å². The van der Waals surface area contributed by atoms with Gasteiger partial charge in [-0.05, 0) is 35.1 Å². The monoisotopic (exact) mass is 364 g/mol. The number of nitrogens with one attached hydrogen (secondary N) is 1. The quantitative estimate of drug-likeness (QED) is 0.831. The van der Waals surface area contributed by atoms with E-state index < -0.39 is 11.8 Å². The Morgan fingerprint density at radius 1 is 0.889 bits per heavy atom. The van der Waals surface area contributed by atoms with E-state index in [1.165, 1.54) is 0 Å². The summed E-state index contributed by atoms with van der Waals surface area (Å²) in [5.41, 5.74) is 3.67. The average Bonchev–Trinajstić information content (AvgIpc) is 2.94. The molecular formula is C22H24N2O3. The van der Waals surface area contributed by atoms with Crippen molar-refractivity contribution in [3.05, 3.63) is 64.2 Å². The highest BCUT2D eigenvalue weighted by Crippen LogP contribution is 2.36. The van der Waals surface area contributed by atoms with Crippen molar-refractivity contribution in [2.24, 2.45) is 0 Å². The van der Waals surface area contributed by atoms with E-state index in [-0.39, 0.29) is 34.4 Å². The Morgan fingerprint density at radius 3 is 2.00 bits per heavy atom. The number of fused-ring (bicyclic) bond motifs is 1. The van der Waals surface area contributed by atoms with Crippen LogP contribution in [0.4, 0.5) is 5.69 Å². The van der Waals surface area contributed by atoms with E-state index in [9.17, 15) is 14.4 Å². The van der Waals surface area contributed by atoms with Gasteiger partial charge in [-0.25, -0.2) is 0 Å². The second-order valence-electron chi connectivity index (χ2n) is 7.47. The molecule has 140 valence electrons. The molecule has 1 N–H and O–H groups in total. The number of anilines is 1. The summed E-state index contributed by atoms with van der Waals surface area (Å²) in [6.07, 6.45) is 0. The van der Waals surface area contributed by atoms with Crippen molar-refractivity contribution in [3.63, 3.8) is 0 Å². The van der Waals surface area contributed by atoms with Crippen LogP contribution < -0.4 is 10.2 Å². The van der Waals surface area contributed by atoms with E-state index in [1.54, 1.807) is 30.1 Å². The summed E-state index contributed by atoms with van der Waals surface area (Å²) >= 11 is 0. The fraction of sp³-hybridized carbons (Fsp3) is 0.318. The van der Waals surface area contributed by atoms with Crippen LogP contribution in [0.3, 0.4) is 0 Å². The van der Waals surface area contributed by atoms with Crippen molar-refractivity contribution in [2.75, 3.05) is 11.9 Å². The lowest BCUT2D eigenvalue weighted by Gasteiger charge is -2.27. The van der Waals surface area contributed by atoms with Crippen LogP contribution in [0.15, 0.2) is 36.4 Å². The largest absolute Gasteiger partial charge is 0.311 e. The van der Waals surface area contributed by atoms with Gasteiger partial charge in [0.2, 0.25) is 0 Å². The van der Waals surface area contributed by atoms with Crippen molar-refractivity contribution in [2.45, 2.75) is 39.5 Å². The van der Waals surface area contributed by atoms with Crippen LogP contribution >= 0.6 is 0 Å². The first-order valence-electron chi connectivity index (χ1n) is 9.13. The molecule has 0 saturated carbocycles. The van der Waals surface area contributed by atoms with Gasteiger partial charge in [-0.1, -0.05) is 52.0 Å². The minimum atomic E-state index is -0.520. The highest BCUT2D eigenvalue weighted by Gasteiger charge is 2.33. The molecule has 0 fully saturated rings. The van der Waals surface area contributed by atoms with Crippen molar-refractivity contribution < 1.29 is 14.4 Å². The Morgan fingerprint density at radius 2 is 1.44 bits per heavy atom. The van der Waals surface area contributed by atoms with Gasteiger partial charge in [0, 0.05) is 7.05 Å². The van der Waals surface area contributed by atoms with Gasteiger partial charge in [0.05, 0.1) is 22.4 Å². The smallest absolute Gasteiger partial charge is 0.259 e. The number of nitrogens with zero attached hydrogens (tertiary/aromatic N) is 1. The summed E-state index contributed by atoms with van der Waals surface area (Å²) in [6.45, 7) is 8.36. The molecule has 1 heterocycles. The van der Waals surface area contributed by atoms with E-state index in [1.807, 2.05) is 18.2 Å². The second-order valence-corrected chi connectivity index (χ2v) is 7.47. The number of para-hydroxylation sites is 1. The predicted molar refractivity (Wildman–Crippen MR) is 106 cm³/mol. The number of hydrogen-bond donors (Lipinski definition) is 1. The van der Waals surface area contributed by atoms with Crippen LogP contribution in [-0.4, -0.2) is 24.8 Å². The van der Waals surface area contributed by atoms with Gasteiger partial charge < -0.3 is 4.90 Å². The maximum Gasteiger partial charge on any atom is 0.259 e. The Balaban J connectivity index is 2.14. The Kier molecular flexibility index (Phi) is 4.87. The van der Waals surface area contributed by atoms with Crippen LogP contribution in [0, 0.1) is 0 Å². The van der Waals surface area contributed by atoms with E-state index in [0.717, 1.165) is 16.8 Å². The minimum Gasteiger partial charge on any atom is -0.311 e. The first-order chi connectivity index (χ1) is 12.7. The summed E-state index contributed by atoms with van der Waals surface area (Å²) in [6, 6.07) is 10.9. The molecule has 1 aliphatic heterocycles. The van der Waals surface area contributed by atoms with Gasteiger partial charge in [0.25, 0.3) is 17.7 Å². The fourth-order valence-electron chi connectivity index (χ4n) is 3.58. The summed E-state index contributed by atoms with van der Waals surface area (Å²) in [5.74, 6) is -0.807. The third-order valence-electron chi connectivity index (χ3n) is 4.98. The van der Waals surface area contributed by atoms with Crippen LogP contribution in [0.2, 0.25) is 0 Å². The molecule has 3 rings (SSSR count). The lowest BCUT2D eigenvalue weighted by molar-refractivity contribution is 0.0874. The van der Waals surface area contributed by atoms with Gasteiger partial charge in [-0.2, -0.15) is 0 Å². The average molecular weight is 364 g/mol. The zero-order valence-electron chi connectivity index (χ0n) is 16.3. The Hall–Kier alpha value is -2.95. The van der Waals surface area contributed by atoms with Crippen LogP contribution in [-0.2, 0) is 0 Å². The maximum atomic E-state index is 13.3. The van der Waals surface area contributed by atoms with Crippen LogP contribution in [0.5, 0.6) is 0 Å². The second kappa shape index (κ2) is 6.99. The van der Waals surface area contributed by atoms with Gasteiger partial charge in [0.15, 0.2) is 0 Å². The Labute approximate surface area is 159 Å². The van der Waals surface area contributed by atoms with Crippen molar-refractivity contribution in [3.8, 4) is 0 Å². The summed E-state index contributed by atoms with van der Waals surface area (Å²) in [4.78, 5) is 39.1. The molecule has 0 unspecified atom stereocenters. The number of benzene rings is 2. The lowest BCUT2D eigenvalue weighted by Crippen LogP contribution is -2.30. The summed E-state index contributed by atoms with van der Waals surface area (Å²) < 4.78 is 0. The summed E-state index contributed by atoms with van der Waals surface area (Å²) in [5, 5.41) is 2.27. The number of rotatable bonds is 4. The molecule has 27 heavy (non-hydrogen) atoms. The third-order valence-corrected chi connectivity index (χ3v) is 4.98. The third kappa shape index (κ3) is 3.14. The number of hydrogen-bond acceptors (Lipinski definition) is 3. The molecule has 2 aromatic rings. The topological polar surface area (TPSA) is 66.5 Å². The molecule has 0 bridgehead atoms. The lowest BCUT2D eigenvalue weighted by atomic mass is 9.91. The molecule has 0 aliphatic carbocycles. The molecular weight excluding hydrogens is 340 g/mol. The van der Waals surface area contributed by atoms with Gasteiger partial charge in [-0.15, -0.1) is 0 Å². The van der Waals surface area contributed by atoms with E-state index in [2.05, 4.69) is 33.0 Å². The standard InChI is InChI=1S/C22H24N2O3/c1-12(2)14-8-6-9-15(13(3)4)19(14)24(5)22(27)17-11-7-10-16-18(17)21(26)23-20(16)25/h6-13H,1-5H3,(H,23,25,26). The highest BCUT2D eigenvalue weighted by atomic mass is 16.2. The number of carbonyl (C=O) groups is 3. The zero-order chi connectivity index (χ0) is 19.9. The van der Waals surface area contributed by atoms with Crippen LogP contribution in [0.1, 0.15) is 81.7 Å². The van der Waals surface area contributed by atoms with Crippen molar-refractivity contribution >= 4 is 23.4 Å². The molecule has 1 aliphatic rings. The van der Waals surface area contributed by atoms with Crippen molar-refractivity contribution in [1.29, 1.82) is 0 Å². The predicted octanol–water partition coefficient (Wildman–Crippen LogP) is 4.09. The number of amides is 3. The molecule has 2 aromatic carbocycles. The molecule has 5 heteroatoms. The highest BCUT2D eigenvalue weighted by molar-refractivity contribution is 6.26. The fourth-order valence-corrected chi connectivity index (χ4v) is 3.58. The minimum absolute atomic E-state index is 0.160. The first kappa shape index (κ1) is 18.8. The van der Waals surface area contributed by atoms with Crippen LogP contribution in [0.25, 0.3) is 0 Å². The van der Waals surface area contributed by atoms with Gasteiger partial charge in [0.1, 0.15) is 0 Å². The molecule has 5 nitrogen and oxygen atoms in total. The maximum absolute atomic E-state index is 13.3. The molecule has 0 saturated heterocycles. The number of imide groups is 1. The zero-order valence-corrected chi connectivity index (χ0v) is 16.3. The Bertz CT molecular complexity index is 918. The molecule has 0 spiro atoms. The normalized spacial score (nSPS) is 13.1. The molecule has 0 aromatic heterocycles. The number of carbonyl (C=O) groups excluding carboxylic acids is 3. The molecule has 3 amide bonds. The molecule has 0 atom stereocenters. The molecule has 0 radical (unpaired) electrons. The van der Waals surface area contributed by atoms with Crippen molar-refractivity contribution in [1.82, 2.24) is 5.32 Å². The van der Waals surface area contributed by atoms with Gasteiger partial charge in [-0.3, -0.25) is 19.7 Å². The first-order valence-corrected chi connectivity index (χ1v) is 9.13. The van der Waals surface area contributed by atoms with E-state index in [4.69, 9.17) is 0 Å².